The van der Waals surface area contributed by atoms with Gasteiger partial charge in [-0.15, -0.1) is 0 Å². The van der Waals surface area contributed by atoms with Crippen LogP contribution in [0.5, 0.6) is 0 Å². The molecule has 0 atom stereocenters. The summed E-state index contributed by atoms with van der Waals surface area (Å²) >= 11 is 0. The lowest BCUT2D eigenvalue weighted by atomic mass is 10.0. The van der Waals surface area contributed by atoms with Crippen molar-refractivity contribution in [3.63, 3.8) is 0 Å². The van der Waals surface area contributed by atoms with Gasteiger partial charge in [-0.1, -0.05) is 13.0 Å². The van der Waals surface area contributed by atoms with Gasteiger partial charge in [0.25, 0.3) is 5.56 Å². The van der Waals surface area contributed by atoms with E-state index in [1.807, 2.05) is 13.0 Å². The van der Waals surface area contributed by atoms with E-state index in [4.69, 9.17) is 0 Å². The Labute approximate surface area is 159 Å². The number of hydrogen-bond donors (Lipinski definition) is 1. The SMILES string of the molecule is CCc1c(C(=O)c2cc(C)cc(C)n2)n(Cc2ccc(F)nc2)c(=O)[nH]c1=O. The Hall–Kier alpha value is -3.42. The molecule has 0 aliphatic rings. The highest BCUT2D eigenvalue weighted by Crippen LogP contribution is 2.14. The summed E-state index contributed by atoms with van der Waals surface area (Å²) in [6, 6.07) is 6.07. The van der Waals surface area contributed by atoms with E-state index in [1.54, 1.807) is 19.9 Å². The molecule has 0 amide bonds. The number of hydrogen-bond acceptors (Lipinski definition) is 5. The van der Waals surface area contributed by atoms with Crippen LogP contribution < -0.4 is 11.2 Å². The molecule has 0 bridgehead atoms. The maximum absolute atomic E-state index is 13.2. The summed E-state index contributed by atoms with van der Waals surface area (Å²) in [5.74, 6) is -1.16. The second kappa shape index (κ2) is 7.67. The maximum Gasteiger partial charge on any atom is 0.329 e. The van der Waals surface area contributed by atoms with Crippen LogP contribution in [0, 0.1) is 19.8 Å². The lowest BCUT2D eigenvalue weighted by Crippen LogP contribution is -2.37. The molecule has 0 aliphatic heterocycles. The van der Waals surface area contributed by atoms with Crippen LogP contribution in [0.1, 0.15) is 45.5 Å². The molecule has 0 saturated heterocycles. The normalized spacial score (nSPS) is 10.9. The predicted molar refractivity (Wildman–Crippen MR) is 101 cm³/mol. The van der Waals surface area contributed by atoms with Gasteiger partial charge in [-0.25, -0.2) is 14.8 Å². The summed E-state index contributed by atoms with van der Waals surface area (Å²) in [6.45, 7) is 5.28. The maximum atomic E-state index is 13.2. The molecular formula is C20H19FN4O3. The van der Waals surface area contributed by atoms with Crippen LogP contribution in [0.25, 0.3) is 0 Å². The molecule has 0 fully saturated rings. The number of carbonyl (C=O) groups excluding carboxylic acids is 1. The van der Waals surface area contributed by atoms with Crippen molar-refractivity contribution in [2.24, 2.45) is 0 Å². The number of H-pyrrole nitrogens is 1. The van der Waals surface area contributed by atoms with Gasteiger partial charge in [-0.05, 0) is 49.6 Å². The molecule has 3 heterocycles. The highest BCUT2D eigenvalue weighted by molar-refractivity contribution is 6.07. The van der Waals surface area contributed by atoms with Crippen molar-refractivity contribution in [1.82, 2.24) is 19.5 Å². The van der Waals surface area contributed by atoms with Crippen LogP contribution >= 0.6 is 0 Å². The standard InChI is InChI=1S/C20H19FN4O3/c1-4-14-17(18(26)15-8-11(2)7-12(3)23-15)25(20(28)24-19(14)27)10-13-5-6-16(21)22-9-13/h5-9H,4,10H2,1-3H3,(H,24,27,28). The fraction of sp³-hybridized carbons (Fsp3) is 0.250. The van der Waals surface area contributed by atoms with Gasteiger partial charge in [0, 0.05) is 17.5 Å². The highest BCUT2D eigenvalue weighted by atomic mass is 19.1. The number of rotatable bonds is 5. The smallest absolute Gasteiger partial charge is 0.285 e. The number of nitrogens with zero attached hydrogens (tertiary/aromatic N) is 3. The zero-order valence-electron chi connectivity index (χ0n) is 15.7. The summed E-state index contributed by atoms with van der Waals surface area (Å²) in [5, 5.41) is 0. The number of carbonyl (C=O) groups is 1. The Kier molecular flexibility index (Phi) is 5.30. The van der Waals surface area contributed by atoms with E-state index in [-0.39, 0.29) is 29.9 Å². The van der Waals surface area contributed by atoms with Crippen LogP contribution in [0.15, 0.2) is 40.1 Å². The van der Waals surface area contributed by atoms with Crippen LogP contribution in [-0.4, -0.2) is 25.3 Å². The first-order valence-electron chi connectivity index (χ1n) is 8.76. The van der Waals surface area contributed by atoms with Crippen molar-refractivity contribution in [2.45, 2.75) is 33.7 Å². The lowest BCUT2D eigenvalue weighted by Gasteiger charge is -2.15. The molecule has 144 valence electrons. The zero-order valence-corrected chi connectivity index (χ0v) is 15.7. The van der Waals surface area contributed by atoms with Crippen molar-refractivity contribution in [2.75, 3.05) is 0 Å². The first kappa shape index (κ1) is 19.3. The molecule has 0 unspecified atom stereocenters. The van der Waals surface area contributed by atoms with Gasteiger partial charge in [0.15, 0.2) is 0 Å². The minimum atomic E-state index is -0.723. The van der Waals surface area contributed by atoms with Gasteiger partial charge in [0.05, 0.1) is 6.54 Å². The highest BCUT2D eigenvalue weighted by Gasteiger charge is 2.23. The number of aromatic amines is 1. The van der Waals surface area contributed by atoms with Gasteiger partial charge in [-0.3, -0.25) is 19.1 Å². The number of ketones is 1. The Balaban J connectivity index is 2.22. The molecule has 0 aromatic carbocycles. The molecule has 8 heteroatoms. The van der Waals surface area contributed by atoms with Crippen LogP contribution in [0.4, 0.5) is 4.39 Å². The number of halogens is 1. The third-order valence-corrected chi connectivity index (χ3v) is 4.32. The Morgan fingerprint density at radius 3 is 2.57 bits per heavy atom. The quantitative estimate of drug-likeness (QED) is 0.537. The molecule has 0 spiro atoms. The largest absolute Gasteiger partial charge is 0.329 e. The van der Waals surface area contributed by atoms with E-state index >= 15 is 0 Å². The van der Waals surface area contributed by atoms with Gasteiger partial charge >= 0.3 is 5.69 Å². The summed E-state index contributed by atoms with van der Waals surface area (Å²) < 4.78 is 14.3. The number of nitrogens with one attached hydrogen (secondary N) is 1. The summed E-state index contributed by atoms with van der Waals surface area (Å²) in [7, 11) is 0. The Morgan fingerprint density at radius 2 is 1.96 bits per heavy atom. The molecule has 7 nitrogen and oxygen atoms in total. The minimum absolute atomic E-state index is 0.0157. The van der Waals surface area contributed by atoms with E-state index in [1.165, 1.54) is 22.9 Å². The Morgan fingerprint density at radius 1 is 1.21 bits per heavy atom. The van der Waals surface area contributed by atoms with E-state index in [0.29, 0.717) is 11.3 Å². The van der Waals surface area contributed by atoms with E-state index < -0.39 is 23.0 Å². The molecule has 1 N–H and O–H groups in total. The summed E-state index contributed by atoms with van der Waals surface area (Å²) in [5.41, 5.74) is 1.02. The molecule has 28 heavy (non-hydrogen) atoms. The van der Waals surface area contributed by atoms with E-state index in [0.717, 1.165) is 5.56 Å². The third-order valence-electron chi connectivity index (χ3n) is 4.32. The van der Waals surface area contributed by atoms with Crippen LogP contribution in [-0.2, 0) is 13.0 Å². The molecule has 0 aliphatic carbocycles. The van der Waals surface area contributed by atoms with Crippen molar-refractivity contribution in [3.8, 4) is 0 Å². The lowest BCUT2D eigenvalue weighted by molar-refractivity contribution is 0.102. The summed E-state index contributed by atoms with van der Waals surface area (Å²) in [4.78, 5) is 48.1. The molecule has 3 aromatic rings. The molecule has 3 aromatic heterocycles. The van der Waals surface area contributed by atoms with Gasteiger partial charge in [0.2, 0.25) is 11.7 Å². The predicted octanol–water partition coefficient (Wildman–Crippen LogP) is 1.92. The fourth-order valence-electron chi connectivity index (χ4n) is 3.11. The fourth-order valence-corrected chi connectivity index (χ4v) is 3.11. The van der Waals surface area contributed by atoms with Crippen LogP contribution in [0.2, 0.25) is 0 Å². The molecule has 0 radical (unpaired) electrons. The topological polar surface area (TPSA) is 97.7 Å². The number of aromatic nitrogens is 4. The van der Waals surface area contributed by atoms with Crippen molar-refractivity contribution in [3.05, 3.63) is 91.0 Å². The second-order valence-electron chi connectivity index (χ2n) is 6.52. The van der Waals surface area contributed by atoms with Gasteiger partial charge in [-0.2, -0.15) is 4.39 Å². The average molecular weight is 382 g/mol. The number of aryl methyl sites for hydroxylation is 2. The van der Waals surface area contributed by atoms with E-state index in [2.05, 4.69) is 15.0 Å². The van der Waals surface area contributed by atoms with Crippen molar-refractivity contribution < 1.29 is 9.18 Å². The first-order chi connectivity index (χ1) is 13.3. The molecular weight excluding hydrogens is 363 g/mol. The molecule has 3 rings (SSSR count). The van der Waals surface area contributed by atoms with Gasteiger partial charge in [0.1, 0.15) is 11.4 Å². The first-order valence-corrected chi connectivity index (χ1v) is 8.76. The number of pyridine rings is 2. The van der Waals surface area contributed by atoms with Gasteiger partial charge < -0.3 is 0 Å². The van der Waals surface area contributed by atoms with Crippen molar-refractivity contribution >= 4 is 5.78 Å². The van der Waals surface area contributed by atoms with Crippen molar-refractivity contribution in [1.29, 1.82) is 0 Å². The van der Waals surface area contributed by atoms with E-state index in [9.17, 15) is 18.8 Å². The average Bonchev–Trinajstić information content (AvgIpc) is 2.64. The second-order valence-corrected chi connectivity index (χ2v) is 6.52. The Bertz CT molecular complexity index is 1140. The van der Waals surface area contributed by atoms with Crippen LogP contribution in [0.3, 0.4) is 0 Å². The molecule has 0 saturated carbocycles. The third kappa shape index (κ3) is 3.80. The zero-order chi connectivity index (χ0) is 20.4. The minimum Gasteiger partial charge on any atom is -0.285 e. The monoisotopic (exact) mass is 382 g/mol. The summed E-state index contributed by atoms with van der Waals surface area (Å²) in [6.07, 6.45) is 1.53.